The van der Waals surface area contributed by atoms with Gasteiger partial charge in [-0.15, -0.1) is 0 Å². The molecule has 1 aromatic rings. The van der Waals surface area contributed by atoms with Crippen molar-refractivity contribution >= 4 is 50.0 Å². The third-order valence-electron chi connectivity index (χ3n) is 4.46. The molecule has 1 amide bonds. The maximum absolute atomic E-state index is 12.2. The number of hydrogen-bond acceptors (Lipinski definition) is 4. The lowest BCUT2D eigenvalue weighted by Gasteiger charge is -2.26. The van der Waals surface area contributed by atoms with Gasteiger partial charge in [0.15, 0.2) is 15.0 Å². The van der Waals surface area contributed by atoms with E-state index in [0.717, 1.165) is 24.1 Å². The number of hydrogen-bond donors (Lipinski definition) is 0. The van der Waals surface area contributed by atoms with Gasteiger partial charge in [0.25, 0.3) is 0 Å². The van der Waals surface area contributed by atoms with Crippen LogP contribution in [0.1, 0.15) is 31.7 Å². The molecule has 136 valence electrons. The van der Waals surface area contributed by atoms with Crippen LogP contribution in [0.3, 0.4) is 0 Å². The summed E-state index contributed by atoms with van der Waals surface area (Å²) in [5.41, 5.74) is 1.80. The first-order valence-corrected chi connectivity index (χ1v) is 11.4. The standard InChI is InChI=1S/C17H21ClN2O3S2/c1-3-4-5-16(21)19-17-20(13-8-12(18)7-6-11(13)2)14-9-25(22,23)10-15(14)24-17/h6-8,14-15H,3-5,9-10H2,1-2H3. The van der Waals surface area contributed by atoms with Gasteiger partial charge in [0.1, 0.15) is 0 Å². The Kier molecular flexibility index (Phi) is 5.46. The number of sulfone groups is 1. The summed E-state index contributed by atoms with van der Waals surface area (Å²) in [6.45, 7) is 3.98. The fourth-order valence-electron chi connectivity index (χ4n) is 3.18. The highest BCUT2D eigenvalue weighted by Crippen LogP contribution is 2.42. The molecule has 2 saturated heterocycles. The van der Waals surface area contributed by atoms with Crippen molar-refractivity contribution in [1.82, 2.24) is 0 Å². The zero-order chi connectivity index (χ0) is 18.2. The van der Waals surface area contributed by atoms with Gasteiger partial charge >= 0.3 is 0 Å². The number of carbonyl (C=O) groups excluding carboxylic acids is 1. The number of fused-ring (bicyclic) bond motifs is 1. The molecule has 0 saturated carbocycles. The fraction of sp³-hybridized carbons (Fsp3) is 0.529. The summed E-state index contributed by atoms with van der Waals surface area (Å²) in [5, 5.41) is 1.07. The largest absolute Gasteiger partial charge is 0.315 e. The molecule has 8 heteroatoms. The van der Waals surface area contributed by atoms with Crippen molar-refractivity contribution < 1.29 is 13.2 Å². The monoisotopic (exact) mass is 400 g/mol. The normalized spacial score (nSPS) is 26.2. The van der Waals surface area contributed by atoms with E-state index in [0.29, 0.717) is 16.6 Å². The first-order chi connectivity index (χ1) is 11.8. The Morgan fingerprint density at radius 3 is 2.88 bits per heavy atom. The minimum atomic E-state index is -3.07. The molecule has 2 fully saturated rings. The third-order valence-corrected chi connectivity index (χ3v) is 7.91. The zero-order valence-corrected chi connectivity index (χ0v) is 16.6. The van der Waals surface area contributed by atoms with E-state index in [2.05, 4.69) is 4.99 Å². The van der Waals surface area contributed by atoms with Crippen LogP contribution in [0.2, 0.25) is 5.02 Å². The van der Waals surface area contributed by atoms with E-state index >= 15 is 0 Å². The quantitative estimate of drug-likeness (QED) is 0.774. The summed E-state index contributed by atoms with van der Waals surface area (Å²) in [4.78, 5) is 18.4. The number of carbonyl (C=O) groups is 1. The van der Waals surface area contributed by atoms with Crippen LogP contribution in [-0.2, 0) is 14.6 Å². The second-order valence-electron chi connectivity index (χ2n) is 6.49. The molecule has 2 aliphatic heterocycles. The van der Waals surface area contributed by atoms with E-state index in [4.69, 9.17) is 11.6 Å². The van der Waals surface area contributed by atoms with Gasteiger partial charge in [0.05, 0.1) is 17.5 Å². The summed E-state index contributed by atoms with van der Waals surface area (Å²) in [5.74, 6) is 0.0521. The smallest absolute Gasteiger partial charge is 0.248 e. The van der Waals surface area contributed by atoms with Gasteiger partial charge < -0.3 is 4.90 Å². The van der Waals surface area contributed by atoms with Crippen LogP contribution in [0.4, 0.5) is 5.69 Å². The average molecular weight is 401 g/mol. The summed E-state index contributed by atoms with van der Waals surface area (Å²) in [7, 11) is -3.07. The van der Waals surface area contributed by atoms with Gasteiger partial charge in [-0.2, -0.15) is 4.99 Å². The SMILES string of the molecule is CCCCC(=O)N=C1SC2CS(=O)(=O)CC2N1c1cc(Cl)ccc1C. The number of aliphatic imine (C=N–C) groups is 1. The molecular formula is C17H21ClN2O3S2. The van der Waals surface area contributed by atoms with Crippen LogP contribution < -0.4 is 4.90 Å². The Hall–Kier alpha value is -1.05. The van der Waals surface area contributed by atoms with Crippen LogP contribution in [0, 0.1) is 6.92 Å². The van der Waals surface area contributed by atoms with Gasteiger partial charge in [0, 0.05) is 22.4 Å². The van der Waals surface area contributed by atoms with Crippen molar-refractivity contribution in [2.45, 2.75) is 44.4 Å². The van der Waals surface area contributed by atoms with Gasteiger partial charge in [-0.1, -0.05) is 42.8 Å². The highest BCUT2D eigenvalue weighted by molar-refractivity contribution is 8.16. The maximum Gasteiger partial charge on any atom is 0.248 e. The number of thioether (sulfide) groups is 1. The van der Waals surface area contributed by atoms with Crippen molar-refractivity contribution in [3.8, 4) is 0 Å². The molecule has 2 aliphatic rings. The molecule has 3 rings (SSSR count). The molecule has 2 atom stereocenters. The number of unbranched alkanes of at least 4 members (excludes halogenated alkanes) is 1. The number of amides is 1. The summed E-state index contributed by atoms with van der Waals surface area (Å²) in [6, 6.07) is 5.31. The molecule has 5 nitrogen and oxygen atoms in total. The Labute approximate surface area is 157 Å². The average Bonchev–Trinajstić information content (AvgIpc) is 2.98. The number of halogens is 1. The highest BCUT2D eigenvalue weighted by atomic mass is 35.5. The number of aryl methyl sites for hydroxylation is 1. The first-order valence-electron chi connectivity index (χ1n) is 8.34. The van der Waals surface area contributed by atoms with Crippen molar-refractivity contribution in [3.05, 3.63) is 28.8 Å². The van der Waals surface area contributed by atoms with E-state index in [1.807, 2.05) is 30.9 Å². The number of amidine groups is 1. The molecule has 25 heavy (non-hydrogen) atoms. The second kappa shape index (κ2) is 7.29. The van der Waals surface area contributed by atoms with E-state index < -0.39 is 9.84 Å². The predicted molar refractivity (Wildman–Crippen MR) is 104 cm³/mol. The molecule has 2 heterocycles. The van der Waals surface area contributed by atoms with E-state index in [1.54, 1.807) is 6.07 Å². The number of benzene rings is 1. The topological polar surface area (TPSA) is 66.8 Å². The molecule has 1 aromatic carbocycles. The van der Waals surface area contributed by atoms with Gasteiger partial charge in [-0.25, -0.2) is 8.42 Å². The van der Waals surface area contributed by atoms with Crippen LogP contribution in [-0.4, -0.2) is 42.3 Å². The van der Waals surface area contributed by atoms with E-state index in [1.165, 1.54) is 11.8 Å². The predicted octanol–water partition coefficient (Wildman–Crippen LogP) is 3.44. The van der Waals surface area contributed by atoms with Crippen LogP contribution in [0.5, 0.6) is 0 Å². The molecule has 0 spiro atoms. The lowest BCUT2D eigenvalue weighted by molar-refractivity contribution is -0.117. The molecule has 0 bridgehead atoms. The Balaban J connectivity index is 1.99. The zero-order valence-electron chi connectivity index (χ0n) is 14.2. The third kappa shape index (κ3) is 4.04. The van der Waals surface area contributed by atoms with Gasteiger partial charge in [-0.3, -0.25) is 4.79 Å². The molecule has 0 aliphatic carbocycles. The van der Waals surface area contributed by atoms with Crippen LogP contribution in [0.15, 0.2) is 23.2 Å². The fourth-order valence-corrected chi connectivity index (χ4v) is 7.27. The summed E-state index contributed by atoms with van der Waals surface area (Å²) in [6.07, 6.45) is 2.15. The number of rotatable bonds is 4. The molecule has 2 unspecified atom stereocenters. The lowest BCUT2D eigenvalue weighted by Crippen LogP contribution is -2.38. The Bertz CT molecular complexity index is 823. The van der Waals surface area contributed by atoms with Crippen molar-refractivity contribution in [2.75, 3.05) is 16.4 Å². The number of nitrogens with zero attached hydrogens (tertiary/aromatic N) is 2. The minimum Gasteiger partial charge on any atom is -0.315 e. The second-order valence-corrected chi connectivity index (χ2v) is 10.3. The minimum absolute atomic E-state index is 0.0821. The summed E-state index contributed by atoms with van der Waals surface area (Å²) < 4.78 is 24.1. The van der Waals surface area contributed by atoms with Gasteiger partial charge in [-0.05, 0) is 31.0 Å². The molecule has 0 aromatic heterocycles. The summed E-state index contributed by atoms with van der Waals surface area (Å²) >= 11 is 7.55. The highest BCUT2D eigenvalue weighted by Gasteiger charge is 2.49. The van der Waals surface area contributed by atoms with E-state index in [9.17, 15) is 13.2 Å². The molecule has 0 radical (unpaired) electrons. The van der Waals surface area contributed by atoms with Gasteiger partial charge in [0.2, 0.25) is 5.91 Å². The Morgan fingerprint density at radius 1 is 1.40 bits per heavy atom. The Morgan fingerprint density at radius 2 is 2.16 bits per heavy atom. The van der Waals surface area contributed by atoms with Crippen molar-refractivity contribution in [2.24, 2.45) is 4.99 Å². The molecular weight excluding hydrogens is 380 g/mol. The van der Waals surface area contributed by atoms with Crippen LogP contribution >= 0.6 is 23.4 Å². The van der Waals surface area contributed by atoms with Crippen molar-refractivity contribution in [1.29, 1.82) is 0 Å². The molecule has 0 N–H and O–H groups in total. The van der Waals surface area contributed by atoms with Crippen molar-refractivity contribution in [3.63, 3.8) is 0 Å². The van der Waals surface area contributed by atoms with E-state index in [-0.39, 0.29) is 28.7 Å². The maximum atomic E-state index is 12.2. The van der Waals surface area contributed by atoms with Crippen LogP contribution in [0.25, 0.3) is 0 Å². The number of anilines is 1. The first kappa shape index (κ1) is 18.7. The lowest BCUT2D eigenvalue weighted by atomic mass is 10.1.